The van der Waals surface area contributed by atoms with Gasteiger partial charge in [0.05, 0.1) is 0 Å². The minimum absolute atomic E-state index is 0.160. The third-order valence-corrected chi connectivity index (χ3v) is 4.36. The lowest BCUT2D eigenvalue weighted by Crippen LogP contribution is -2.18. The summed E-state index contributed by atoms with van der Waals surface area (Å²) in [5, 5.41) is 10.6. The molecule has 20 heavy (non-hydrogen) atoms. The smallest absolute Gasteiger partial charge is 0.308 e. The molecule has 0 saturated carbocycles. The van der Waals surface area contributed by atoms with E-state index in [-0.39, 0.29) is 5.75 Å². The molecule has 2 atom stereocenters. The molecular formula is C17H24O3. The summed E-state index contributed by atoms with van der Waals surface area (Å²) in [5.74, 6) is 1.40. The van der Waals surface area contributed by atoms with E-state index in [4.69, 9.17) is 4.74 Å². The van der Waals surface area contributed by atoms with E-state index in [1.54, 1.807) is 0 Å². The molecule has 3 heteroatoms. The average Bonchev–Trinajstić information content (AvgIpc) is 2.33. The first-order valence-corrected chi connectivity index (χ1v) is 7.37. The van der Waals surface area contributed by atoms with Crippen LogP contribution < -0.4 is 4.74 Å². The first kappa shape index (κ1) is 14.9. The van der Waals surface area contributed by atoms with E-state index >= 15 is 0 Å². The molecule has 1 aromatic carbocycles. The van der Waals surface area contributed by atoms with Gasteiger partial charge in [-0.15, -0.1) is 0 Å². The molecule has 0 fully saturated rings. The maximum absolute atomic E-state index is 11.2. The van der Waals surface area contributed by atoms with Crippen LogP contribution >= 0.6 is 0 Å². The fraction of sp³-hybridized carbons (Fsp3) is 0.588. The molecule has 0 aliphatic heterocycles. The van der Waals surface area contributed by atoms with Crippen molar-refractivity contribution in [3.05, 3.63) is 22.8 Å². The molecule has 3 nitrogen and oxygen atoms in total. The number of fused-ring (bicyclic) bond motifs is 1. The van der Waals surface area contributed by atoms with Crippen LogP contribution in [0.5, 0.6) is 11.5 Å². The van der Waals surface area contributed by atoms with Crippen molar-refractivity contribution < 1.29 is 14.6 Å². The molecule has 1 aromatic rings. The lowest BCUT2D eigenvalue weighted by molar-refractivity contribution is -0.132. The van der Waals surface area contributed by atoms with Crippen molar-refractivity contribution >= 4 is 5.97 Å². The molecule has 0 aromatic heterocycles. The van der Waals surface area contributed by atoms with Crippen molar-refractivity contribution in [2.24, 2.45) is 5.92 Å². The highest BCUT2D eigenvalue weighted by atomic mass is 16.5. The van der Waals surface area contributed by atoms with E-state index in [1.165, 1.54) is 12.5 Å². The summed E-state index contributed by atoms with van der Waals surface area (Å²) in [6.45, 7) is 9.81. The molecule has 1 aliphatic carbocycles. The summed E-state index contributed by atoms with van der Waals surface area (Å²) in [5.41, 5.74) is 3.03. The zero-order valence-corrected chi connectivity index (χ0v) is 13.0. The first-order chi connectivity index (χ1) is 9.32. The number of carbonyl (C=O) groups excluding carboxylic acids is 1. The summed E-state index contributed by atoms with van der Waals surface area (Å²) in [6, 6.07) is 2.09. The molecule has 1 aliphatic rings. The van der Waals surface area contributed by atoms with Crippen LogP contribution in [0.15, 0.2) is 6.07 Å². The van der Waals surface area contributed by atoms with Gasteiger partial charge in [0.25, 0.3) is 0 Å². The Bertz CT molecular complexity index is 532. The van der Waals surface area contributed by atoms with Crippen LogP contribution in [-0.4, -0.2) is 11.1 Å². The molecule has 0 radical (unpaired) electrons. The summed E-state index contributed by atoms with van der Waals surface area (Å²) in [6.07, 6.45) is 2.21. The second-order valence-corrected chi connectivity index (χ2v) is 6.30. The Morgan fingerprint density at radius 1 is 1.40 bits per heavy atom. The number of ether oxygens (including phenoxy) is 1. The number of benzene rings is 1. The van der Waals surface area contributed by atoms with Crippen LogP contribution in [-0.2, 0) is 4.79 Å². The lowest BCUT2D eigenvalue weighted by Gasteiger charge is -2.33. The van der Waals surface area contributed by atoms with Gasteiger partial charge in [0.2, 0.25) is 0 Å². The van der Waals surface area contributed by atoms with E-state index in [0.29, 0.717) is 23.5 Å². The Labute approximate surface area is 121 Å². The topological polar surface area (TPSA) is 46.5 Å². The normalized spacial score (nSPS) is 21.7. The fourth-order valence-electron chi connectivity index (χ4n) is 3.34. The Hall–Kier alpha value is -1.51. The summed E-state index contributed by atoms with van der Waals surface area (Å²) in [7, 11) is 0. The van der Waals surface area contributed by atoms with Crippen molar-refractivity contribution in [1.82, 2.24) is 0 Å². The largest absolute Gasteiger partial charge is 0.504 e. The monoisotopic (exact) mass is 276 g/mol. The Morgan fingerprint density at radius 3 is 2.60 bits per heavy atom. The lowest BCUT2D eigenvalue weighted by atomic mass is 9.72. The Kier molecular flexibility index (Phi) is 4.07. The number of rotatable bonds is 2. The van der Waals surface area contributed by atoms with Gasteiger partial charge >= 0.3 is 5.97 Å². The Morgan fingerprint density at radius 2 is 2.05 bits per heavy atom. The third-order valence-electron chi connectivity index (χ3n) is 4.36. The van der Waals surface area contributed by atoms with Gasteiger partial charge in [-0.25, -0.2) is 0 Å². The number of phenols is 1. The molecule has 0 unspecified atom stereocenters. The van der Waals surface area contributed by atoms with E-state index in [1.807, 2.05) is 6.92 Å². The molecular weight excluding hydrogens is 252 g/mol. The number of aryl methyl sites for hydroxylation is 1. The van der Waals surface area contributed by atoms with Crippen LogP contribution in [0.2, 0.25) is 0 Å². The zero-order chi connectivity index (χ0) is 15.0. The highest BCUT2D eigenvalue weighted by Gasteiger charge is 2.31. The highest BCUT2D eigenvalue weighted by molar-refractivity contribution is 5.72. The number of hydrogen-bond acceptors (Lipinski definition) is 3. The molecule has 0 amide bonds. The van der Waals surface area contributed by atoms with Crippen LogP contribution in [0.25, 0.3) is 0 Å². The average molecular weight is 276 g/mol. The van der Waals surface area contributed by atoms with E-state index in [0.717, 1.165) is 24.0 Å². The molecule has 110 valence electrons. The predicted octanol–water partition coefficient (Wildman–Crippen LogP) is 4.26. The van der Waals surface area contributed by atoms with Crippen LogP contribution in [0, 0.1) is 12.8 Å². The number of phenolic OH excluding ortho intramolecular Hbond substituents is 1. The molecule has 2 rings (SSSR count). The SMILES string of the molecule is CC(=O)Oc1c(C)cc2c(c1O)[C@@H](C)CC[C@H]2C(C)C. The van der Waals surface area contributed by atoms with Crippen molar-refractivity contribution in [2.75, 3.05) is 0 Å². The molecule has 1 N–H and O–H groups in total. The standard InChI is InChI=1S/C17H24O3/c1-9(2)13-7-6-10(3)15-14(13)8-11(4)17(16(15)19)20-12(5)18/h8-10,13,19H,6-7H2,1-5H3/t10-,13-/m0/s1. The van der Waals surface area contributed by atoms with Crippen molar-refractivity contribution in [3.63, 3.8) is 0 Å². The number of carbonyl (C=O) groups is 1. The minimum Gasteiger partial charge on any atom is -0.504 e. The highest BCUT2D eigenvalue weighted by Crippen LogP contribution is 2.49. The zero-order valence-electron chi connectivity index (χ0n) is 13.0. The van der Waals surface area contributed by atoms with Crippen molar-refractivity contribution in [2.45, 2.75) is 59.3 Å². The van der Waals surface area contributed by atoms with E-state index < -0.39 is 5.97 Å². The predicted molar refractivity (Wildman–Crippen MR) is 79.4 cm³/mol. The maximum Gasteiger partial charge on any atom is 0.308 e. The first-order valence-electron chi connectivity index (χ1n) is 7.37. The van der Waals surface area contributed by atoms with E-state index in [9.17, 15) is 9.90 Å². The van der Waals surface area contributed by atoms with Gasteiger partial charge in [0, 0.05) is 12.5 Å². The van der Waals surface area contributed by atoms with Gasteiger partial charge in [0.15, 0.2) is 11.5 Å². The van der Waals surface area contributed by atoms with Gasteiger partial charge < -0.3 is 9.84 Å². The van der Waals surface area contributed by atoms with Crippen LogP contribution in [0.3, 0.4) is 0 Å². The van der Waals surface area contributed by atoms with Gasteiger partial charge in [0.1, 0.15) is 0 Å². The second kappa shape index (κ2) is 5.47. The van der Waals surface area contributed by atoms with Crippen LogP contribution in [0.4, 0.5) is 0 Å². The summed E-state index contributed by atoms with van der Waals surface area (Å²) >= 11 is 0. The quantitative estimate of drug-likeness (QED) is 0.648. The second-order valence-electron chi connectivity index (χ2n) is 6.30. The third kappa shape index (κ3) is 2.54. The number of aromatic hydroxyl groups is 1. The van der Waals surface area contributed by atoms with Crippen LogP contribution in [0.1, 0.15) is 69.1 Å². The number of esters is 1. The van der Waals surface area contributed by atoms with Gasteiger partial charge in [-0.2, -0.15) is 0 Å². The molecule has 0 saturated heterocycles. The maximum atomic E-state index is 11.2. The Balaban J connectivity index is 2.60. The van der Waals surface area contributed by atoms with Gasteiger partial charge in [-0.1, -0.05) is 26.8 Å². The molecule has 0 bridgehead atoms. The minimum atomic E-state index is -0.396. The summed E-state index contributed by atoms with van der Waals surface area (Å²) in [4.78, 5) is 11.2. The fourth-order valence-corrected chi connectivity index (χ4v) is 3.34. The van der Waals surface area contributed by atoms with Crippen molar-refractivity contribution in [1.29, 1.82) is 0 Å². The van der Waals surface area contributed by atoms with Gasteiger partial charge in [-0.05, 0) is 48.6 Å². The van der Waals surface area contributed by atoms with E-state index in [2.05, 4.69) is 26.8 Å². The number of hydrogen-bond donors (Lipinski definition) is 1. The summed E-state index contributed by atoms with van der Waals surface area (Å²) < 4.78 is 5.20. The van der Waals surface area contributed by atoms with Gasteiger partial charge in [-0.3, -0.25) is 4.79 Å². The molecule has 0 spiro atoms. The molecule has 0 heterocycles. The van der Waals surface area contributed by atoms with Crippen molar-refractivity contribution in [3.8, 4) is 11.5 Å².